The van der Waals surface area contributed by atoms with Gasteiger partial charge in [-0.25, -0.2) is 4.68 Å². The molecule has 7 nitrogen and oxygen atoms in total. The lowest BCUT2D eigenvalue weighted by molar-refractivity contribution is 0.100. The first-order valence-electron chi connectivity index (χ1n) is 8.35. The van der Waals surface area contributed by atoms with Crippen molar-refractivity contribution in [2.45, 2.75) is 27.3 Å². The summed E-state index contributed by atoms with van der Waals surface area (Å²) in [5.41, 5.74) is 14.5. The Labute approximate surface area is 151 Å². The van der Waals surface area contributed by atoms with Crippen LogP contribution in [-0.2, 0) is 6.54 Å². The van der Waals surface area contributed by atoms with E-state index < -0.39 is 11.3 Å². The van der Waals surface area contributed by atoms with E-state index in [0.717, 1.165) is 16.5 Å². The van der Waals surface area contributed by atoms with Gasteiger partial charge in [-0.1, -0.05) is 26.0 Å². The van der Waals surface area contributed by atoms with Crippen molar-refractivity contribution in [1.29, 1.82) is 0 Å². The first-order valence-corrected chi connectivity index (χ1v) is 8.35. The van der Waals surface area contributed by atoms with Crippen molar-refractivity contribution in [2.75, 3.05) is 12.3 Å². The van der Waals surface area contributed by atoms with Crippen molar-refractivity contribution in [2.24, 2.45) is 11.1 Å². The Morgan fingerprint density at radius 3 is 2.69 bits per heavy atom. The van der Waals surface area contributed by atoms with Crippen molar-refractivity contribution in [3.8, 4) is 11.3 Å². The molecule has 0 saturated heterocycles. The zero-order chi connectivity index (χ0) is 19.1. The molecule has 7 heteroatoms. The van der Waals surface area contributed by atoms with Gasteiger partial charge in [-0.15, -0.1) is 0 Å². The number of aryl methyl sites for hydroxylation is 1. The average molecular weight is 353 g/mol. The van der Waals surface area contributed by atoms with E-state index in [1.54, 1.807) is 6.20 Å². The third-order valence-corrected chi connectivity index (χ3v) is 4.36. The molecule has 0 atom stereocenters. The molecule has 0 aliphatic carbocycles. The molecular formula is C19H23N5O2. The predicted octanol–water partition coefficient (Wildman–Crippen LogP) is 2.11. The highest BCUT2D eigenvalue weighted by Crippen LogP contribution is 2.30. The highest BCUT2D eigenvalue weighted by Gasteiger charge is 2.26. The molecule has 0 saturated carbocycles. The van der Waals surface area contributed by atoms with E-state index in [2.05, 4.69) is 10.1 Å². The van der Waals surface area contributed by atoms with Gasteiger partial charge in [0.05, 0.1) is 12.1 Å². The Morgan fingerprint density at radius 2 is 2.04 bits per heavy atom. The molecule has 136 valence electrons. The van der Waals surface area contributed by atoms with Crippen LogP contribution in [0.5, 0.6) is 0 Å². The Bertz CT molecular complexity index is 991. The maximum Gasteiger partial charge on any atom is 0.254 e. The number of nitrogens with zero attached hydrogens (tertiary/aromatic N) is 3. The minimum Gasteiger partial charge on any atom is -0.396 e. The number of amides is 1. The second kappa shape index (κ2) is 6.42. The van der Waals surface area contributed by atoms with Crippen molar-refractivity contribution < 1.29 is 9.90 Å². The standard InChI is InChI=1S/C19H23N5O2/c1-11-4-5-12-7-13(8-22-14(12)6-11)16-15(18(21)26)17(20)24(23-16)9-19(2,3)10-25/h4-8,25H,9-10,20H2,1-3H3,(H2,21,26). The first-order chi connectivity index (χ1) is 12.2. The molecule has 0 unspecified atom stereocenters. The highest BCUT2D eigenvalue weighted by molar-refractivity contribution is 6.03. The lowest BCUT2D eigenvalue weighted by Gasteiger charge is -2.21. The summed E-state index contributed by atoms with van der Waals surface area (Å²) in [7, 11) is 0. The second-order valence-electron chi connectivity index (χ2n) is 7.37. The number of benzene rings is 1. The number of carbonyl (C=O) groups excluding carboxylic acids is 1. The number of fused-ring (bicyclic) bond motifs is 1. The fraction of sp³-hybridized carbons (Fsp3) is 0.316. The van der Waals surface area contributed by atoms with Gasteiger partial charge in [0.1, 0.15) is 17.1 Å². The average Bonchev–Trinajstić information content (AvgIpc) is 2.90. The van der Waals surface area contributed by atoms with Crippen molar-refractivity contribution in [3.63, 3.8) is 0 Å². The van der Waals surface area contributed by atoms with E-state index in [9.17, 15) is 9.90 Å². The monoisotopic (exact) mass is 353 g/mol. The van der Waals surface area contributed by atoms with E-state index in [1.165, 1.54) is 4.68 Å². The smallest absolute Gasteiger partial charge is 0.254 e. The van der Waals surface area contributed by atoms with Gasteiger partial charge in [0.15, 0.2) is 0 Å². The fourth-order valence-corrected chi connectivity index (χ4v) is 2.86. The van der Waals surface area contributed by atoms with Crippen LogP contribution in [0, 0.1) is 12.3 Å². The molecule has 3 aromatic rings. The molecule has 2 aromatic heterocycles. The van der Waals surface area contributed by atoms with Gasteiger partial charge in [0.2, 0.25) is 0 Å². The molecule has 1 aromatic carbocycles. The molecular weight excluding hydrogens is 330 g/mol. The summed E-state index contributed by atoms with van der Waals surface area (Å²) in [5, 5.41) is 14.9. The first kappa shape index (κ1) is 17.9. The van der Waals surface area contributed by atoms with E-state index in [0.29, 0.717) is 17.8 Å². The number of hydrogen-bond donors (Lipinski definition) is 3. The topological polar surface area (TPSA) is 120 Å². The van der Waals surface area contributed by atoms with Crippen molar-refractivity contribution in [3.05, 3.63) is 41.6 Å². The van der Waals surface area contributed by atoms with E-state index in [1.807, 2.05) is 45.0 Å². The number of primary amides is 1. The molecule has 0 aliphatic heterocycles. The van der Waals surface area contributed by atoms with E-state index >= 15 is 0 Å². The number of carbonyl (C=O) groups is 1. The summed E-state index contributed by atoms with van der Waals surface area (Å²) in [4.78, 5) is 16.5. The second-order valence-corrected chi connectivity index (χ2v) is 7.37. The van der Waals surface area contributed by atoms with Crippen LogP contribution < -0.4 is 11.5 Å². The number of aromatic nitrogens is 3. The summed E-state index contributed by atoms with van der Waals surface area (Å²) < 4.78 is 1.52. The zero-order valence-electron chi connectivity index (χ0n) is 15.2. The van der Waals surface area contributed by atoms with Crippen LogP contribution in [0.4, 0.5) is 5.82 Å². The van der Waals surface area contributed by atoms with Crippen molar-refractivity contribution in [1.82, 2.24) is 14.8 Å². The lowest BCUT2D eigenvalue weighted by atomic mass is 9.95. The Kier molecular flexibility index (Phi) is 4.41. The molecule has 26 heavy (non-hydrogen) atoms. The number of anilines is 1. The minimum atomic E-state index is -0.644. The highest BCUT2D eigenvalue weighted by atomic mass is 16.3. The van der Waals surface area contributed by atoms with Gasteiger partial charge in [-0.05, 0) is 24.6 Å². The van der Waals surface area contributed by atoms with Crippen LogP contribution in [0.15, 0.2) is 30.5 Å². The Balaban J connectivity index is 2.14. The van der Waals surface area contributed by atoms with Gasteiger partial charge >= 0.3 is 0 Å². The normalized spacial score (nSPS) is 11.8. The molecule has 1 amide bonds. The number of nitrogens with two attached hydrogens (primary N) is 2. The maximum absolute atomic E-state index is 12.0. The molecule has 0 fully saturated rings. The summed E-state index contributed by atoms with van der Waals surface area (Å²) in [6, 6.07) is 7.88. The molecule has 5 N–H and O–H groups in total. The van der Waals surface area contributed by atoms with E-state index in [4.69, 9.17) is 11.5 Å². The quantitative estimate of drug-likeness (QED) is 0.649. The van der Waals surface area contributed by atoms with Crippen LogP contribution in [-0.4, -0.2) is 32.4 Å². The van der Waals surface area contributed by atoms with Gasteiger partial charge in [-0.3, -0.25) is 9.78 Å². The molecule has 0 spiro atoms. The largest absolute Gasteiger partial charge is 0.396 e. The van der Waals surface area contributed by atoms with Crippen LogP contribution in [0.3, 0.4) is 0 Å². The summed E-state index contributed by atoms with van der Waals surface area (Å²) in [6.07, 6.45) is 1.66. The Hall–Kier alpha value is -2.93. The predicted molar refractivity (Wildman–Crippen MR) is 101 cm³/mol. The Morgan fingerprint density at radius 1 is 1.31 bits per heavy atom. The number of aliphatic hydroxyl groups excluding tert-OH is 1. The minimum absolute atomic E-state index is 0.0373. The van der Waals surface area contributed by atoms with E-state index in [-0.39, 0.29) is 18.0 Å². The summed E-state index contributed by atoms with van der Waals surface area (Å²) in [5.74, 6) is -0.451. The van der Waals surface area contributed by atoms with Crippen molar-refractivity contribution >= 4 is 22.6 Å². The zero-order valence-corrected chi connectivity index (χ0v) is 15.2. The number of nitrogen functional groups attached to an aromatic ring is 1. The van der Waals surface area contributed by atoms with Crippen LogP contribution in [0.1, 0.15) is 29.8 Å². The number of rotatable bonds is 5. The molecule has 0 radical (unpaired) electrons. The number of pyridine rings is 1. The number of hydrogen-bond acceptors (Lipinski definition) is 5. The molecule has 0 aliphatic rings. The third kappa shape index (κ3) is 3.25. The van der Waals surface area contributed by atoms with Crippen LogP contribution in [0.2, 0.25) is 0 Å². The van der Waals surface area contributed by atoms with Gasteiger partial charge in [0.25, 0.3) is 5.91 Å². The summed E-state index contributed by atoms with van der Waals surface area (Å²) in [6.45, 7) is 6.10. The fourth-order valence-electron chi connectivity index (χ4n) is 2.86. The van der Waals surface area contributed by atoms with Gasteiger partial charge in [-0.2, -0.15) is 5.10 Å². The molecule has 0 bridgehead atoms. The van der Waals surface area contributed by atoms with Gasteiger partial charge < -0.3 is 16.6 Å². The lowest BCUT2D eigenvalue weighted by Crippen LogP contribution is -2.25. The molecule has 3 rings (SSSR count). The summed E-state index contributed by atoms with van der Waals surface area (Å²) >= 11 is 0. The van der Waals surface area contributed by atoms with Crippen LogP contribution >= 0.6 is 0 Å². The maximum atomic E-state index is 12.0. The van der Waals surface area contributed by atoms with Gasteiger partial charge in [0, 0.05) is 29.2 Å². The van der Waals surface area contributed by atoms with Crippen LogP contribution in [0.25, 0.3) is 22.2 Å². The SMILES string of the molecule is Cc1ccc2cc(-c3nn(CC(C)(C)CO)c(N)c3C(N)=O)cnc2c1. The number of aliphatic hydroxyl groups is 1. The molecule has 2 heterocycles. The third-order valence-electron chi connectivity index (χ3n) is 4.36.